The fraction of sp³-hybridized carbons (Fsp3) is 0.385. The molecule has 1 fully saturated rings. The van der Waals surface area contributed by atoms with Gasteiger partial charge in [0.25, 0.3) is 0 Å². The molecule has 0 radical (unpaired) electrons. The van der Waals surface area contributed by atoms with Crippen LogP contribution in [0.3, 0.4) is 0 Å². The number of rotatable bonds is 2. The van der Waals surface area contributed by atoms with E-state index in [1.54, 1.807) is 12.4 Å². The van der Waals surface area contributed by atoms with E-state index in [1.165, 1.54) is 0 Å². The van der Waals surface area contributed by atoms with Crippen LogP contribution < -0.4 is 4.90 Å². The molecule has 0 aromatic carbocycles. The Morgan fingerprint density at radius 2 is 2.11 bits per heavy atom. The zero-order valence-corrected chi connectivity index (χ0v) is 10.5. The minimum absolute atomic E-state index is 0.428. The van der Waals surface area contributed by atoms with Gasteiger partial charge in [0.05, 0.1) is 17.8 Å². The van der Waals surface area contributed by atoms with Crippen LogP contribution >= 0.6 is 0 Å². The summed E-state index contributed by atoms with van der Waals surface area (Å²) in [5.41, 5.74) is 0.598. The minimum atomic E-state index is 0.428. The third kappa shape index (κ3) is 2.40. The highest BCUT2D eigenvalue weighted by Crippen LogP contribution is 2.24. The van der Waals surface area contributed by atoms with Gasteiger partial charge in [0, 0.05) is 25.5 Å². The van der Waals surface area contributed by atoms with Crippen molar-refractivity contribution in [2.24, 2.45) is 0 Å². The molecule has 2 aromatic heterocycles. The predicted octanol–water partition coefficient (Wildman–Crippen LogP) is 1.39. The van der Waals surface area contributed by atoms with E-state index < -0.39 is 0 Å². The molecule has 6 nitrogen and oxygen atoms in total. The van der Waals surface area contributed by atoms with Crippen LogP contribution in [0.2, 0.25) is 0 Å². The molecule has 0 bridgehead atoms. The number of hydrogen-bond donors (Lipinski definition) is 0. The summed E-state index contributed by atoms with van der Waals surface area (Å²) in [6.07, 6.45) is 7.32. The minimum Gasteiger partial charge on any atom is -0.356 e. The van der Waals surface area contributed by atoms with Gasteiger partial charge in [-0.2, -0.15) is 5.26 Å². The van der Waals surface area contributed by atoms with Crippen molar-refractivity contribution in [1.29, 1.82) is 5.26 Å². The topological polar surface area (TPSA) is 70.6 Å². The second kappa shape index (κ2) is 5.06. The molecule has 0 aliphatic carbocycles. The van der Waals surface area contributed by atoms with Gasteiger partial charge in [0.1, 0.15) is 11.9 Å². The Kier molecular flexibility index (Phi) is 3.11. The van der Waals surface area contributed by atoms with Crippen molar-refractivity contribution in [3.63, 3.8) is 0 Å². The first kappa shape index (κ1) is 11.7. The molecular weight excluding hydrogens is 240 g/mol. The maximum atomic E-state index is 8.76. The lowest BCUT2D eigenvalue weighted by molar-refractivity contribution is 0.359. The molecule has 2 aromatic rings. The Morgan fingerprint density at radius 3 is 2.68 bits per heavy atom. The first-order valence-corrected chi connectivity index (χ1v) is 6.34. The fourth-order valence-corrected chi connectivity index (χ4v) is 2.41. The molecular formula is C13H14N6. The summed E-state index contributed by atoms with van der Waals surface area (Å²) in [4.78, 5) is 6.57. The van der Waals surface area contributed by atoms with Crippen molar-refractivity contribution in [2.45, 2.75) is 18.9 Å². The molecule has 0 spiro atoms. The molecule has 0 amide bonds. The second-order valence-electron chi connectivity index (χ2n) is 4.62. The van der Waals surface area contributed by atoms with Crippen LogP contribution in [0.25, 0.3) is 0 Å². The van der Waals surface area contributed by atoms with Gasteiger partial charge in [-0.25, -0.2) is 9.67 Å². The van der Waals surface area contributed by atoms with Crippen molar-refractivity contribution in [1.82, 2.24) is 20.0 Å². The predicted molar refractivity (Wildman–Crippen MR) is 69.5 cm³/mol. The van der Waals surface area contributed by atoms with Crippen LogP contribution in [0.4, 0.5) is 5.82 Å². The molecule has 0 unspecified atom stereocenters. The highest BCUT2D eigenvalue weighted by molar-refractivity contribution is 5.42. The van der Waals surface area contributed by atoms with Crippen LogP contribution in [0.1, 0.15) is 24.4 Å². The van der Waals surface area contributed by atoms with Crippen molar-refractivity contribution in [3.8, 4) is 6.07 Å². The third-order valence-electron chi connectivity index (χ3n) is 3.48. The van der Waals surface area contributed by atoms with Crippen LogP contribution in [0, 0.1) is 11.3 Å². The Labute approximate surface area is 111 Å². The lowest BCUT2D eigenvalue weighted by Gasteiger charge is -2.32. The molecule has 1 aliphatic heterocycles. The summed E-state index contributed by atoms with van der Waals surface area (Å²) in [5.74, 6) is 0.941. The SMILES string of the molecule is N#Cc1ccc(N2CCC(n3ccnn3)CC2)nc1. The lowest BCUT2D eigenvalue weighted by atomic mass is 10.1. The van der Waals surface area contributed by atoms with E-state index in [9.17, 15) is 0 Å². The first-order valence-electron chi connectivity index (χ1n) is 6.34. The van der Waals surface area contributed by atoms with E-state index >= 15 is 0 Å². The van der Waals surface area contributed by atoms with E-state index in [4.69, 9.17) is 5.26 Å². The molecule has 6 heteroatoms. The maximum absolute atomic E-state index is 8.76. The van der Waals surface area contributed by atoms with Gasteiger partial charge < -0.3 is 4.90 Å². The second-order valence-corrected chi connectivity index (χ2v) is 4.62. The molecule has 0 atom stereocenters. The summed E-state index contributed by atoms with van der Waals surface area (Å²) in [6.45, 7) is 1.90. The Balaban J connectivity index is 1.65. The summed E-state index contributed by atoms with van der Waals surface area (Å²) in [5, 5.41) is 16.7. The van der Waals surface area contributed by atoms with Crippen molar-refractivity contribution in [2.75, 3.05) is 18.0 Å². The number of nitriles is 1. The molecule has 1 saturated heterocycles. The van der Waals surface area contributed by atoms with Gasteiger partial charge in [-0.05, 0) is 25.0 Å². The largest absolute Gasteiger partial charge is 0.356 e. The summed E-state index contributed by atoms with van der Waals surface area (Å²) >= 11 is 0. The molecule has 0 saturated carbocycles. The number of anilines is 1. The zero-order chi connectivity index (χ0) is 13.1. The van der Waals surface area contributed by atoms with E-state index in [0.29, 0.717) is 11.6 Å². The van der Waals surface area contributed by atoms with E-state index in [-0.39, 0.29) is 0 Å². The molecule has 0 N–H and O–H groups in total. The number of pyridine rings is 1. The van der Waals surface area contributed by atoms with Crippen LogP contribution in [-0.2, 0) is 0 Å². The van der Waals surface area contributed by atoms with Gasteiger partial charge in [-0.15, -0.1) is 5.10 Å². The smallest absolute Gasteiger partial charge is 0.128 e. The molecule has 3 rings (SSSR count). The quantitative estimate of drug-likeness (QED) is 0.809. The lowest BCUT2D eigenvalue weighted by Crippen LogP contribution is -2.35. The normalized spacial score (nSPS) is 16.3. The Hall–Kier alpha value is -2.42. The van der Waals surface area contributed by atoms with Crippen LogP contribution in [0.15, 0.2) is 30.7 Å². The van der Waals surface area contributed by atoms with Gasteiger partial charge in [-0.3, -0.25) is 0 Å². The van der Waals surface area contributed by atoms with E-state index in [2.05, 4.69) is 26.3 Å². The van der Waals surface area contributed by atoms with Gasteiger partial charge in [0.15, 0.2) is 0 Å². The Morgan fingerprint density at radius 1 is 1.26 bits per heavy atom. The highest BCUT2D eigenvalue weighted by atomic mass is 15.4. The molecule has 3 heterocycles. The van der Waals surface area contributed by atoms with Gasteiger partial charge in [-0.1, -0.05) is 5.21 Å². The number of hydrogen-bond acceptors (Lipinski definition) is 5. The molecule has 96 valence electrons. The maximum Gasteiger partial charge on any atom is 0.128 e. The number of aromatic nitrogens is 4. The first-order chi connectivity index (χ1) is 9.36. The van der Waals surface area contributed by atoms with Crippen molar-refractivity contribution >= 4 is 5.82 Å². The van der Waals surface area contributed by atoms with Gasteiger partial charge in [0.2, 0.25) is 0 Å². The highest BCUT2D eigenvalue weighted by Gasteiger charge is 2.21. The zero-order valence-electron chi connectivity index (χ0n) is 10.5. The fourth-order valence-electron chi connectivity index (χ4n) is 2.41. The van der Waals surface area contributed by atoms with Gasteiger partial charge >= 0.3 is 0 Å². The van der Waals surface area contributed by atoms with E-state index in [1.807, 2.05) is 23.0 Å². The molecule has 19 heavy (non-hydrogen) atoms. The van der Waals surface area contributed by atoms with Crippen LogP contribution in [-0.4, -0.2) is 33.1 Å². The summed E-state index contributed by atoms with van der Waals surface area (Å²) < 4.78 is 1.93. The number of piperidine rings is 1. The van der Waals surface area contributed by atoms with Crippen molar-refractivity contribution < 1.29 is 0 Å². The standard InChI is InChI=1S/C13H14N6/c14-9-11-1-2-13(15-10-11)18-6-3-12(4-7-18)19-8-5-16-17-19/h1-2,5,8,10,12H,3-4,6-7H2. The Bertz CT molecular complexity index is 560. The number of nitrogens with zero attached hydrogens (tertiary/aromatic N) is 6. The summed E-state index contributed by atoms with van der Waals surface area (Å²) in [7, 11) is 0. The average molecular weight is 254 g/mol. The third-order valence-corrected chi connectivity index (χ3v) is 3.48. The van der Waals surface area contributed by atoms with Crippen molar-refractivity contribution in [3.05, 3.63) is 36.3 Å². The van der Waals surface area contributed by atoms with E-state index in [0.717, 1.165) is 31.7 Å². The molecule has 1 aliphatic rings. The summed E-state index contributed by atoms with van der Waals surface area (Å²) in [6, 6.07) is 6.23. The van der Waals surface area contributed by atoms with Crippen LogP contribution in [0.5, 0.6) is 0 Å². The average Bonchev–Trinajstić information content (AvgIpc) is 3.02. The monoisotopic (exact) mass is 254 g/mol.